The Morgan fingerprint density at radius 3 is 1.95 bits per heavy atom. The van der Waals surface area contributed by atoms with E-state index in [1.54, 1.807) is 0 Å². The molecule has 0 aliphatic carbocycles. The van der Waals surface area contributed by atoms with Crippen LogP contribution in [0.4, 0.5) is 11.6 Å². The van der Waals surface area contributed by atoms with Crippen molar-refractivity contribution in [3.63, 3.8) is 0 Å². The number of rotatable bonds is 6. The zero-order valence-corrected chi connectivity index (χ0v) is 14.5. The Balaban J connectivity index is 3.14. The van der Waals surface area contributed by atoms with Gasteiger partial charge in [0.2, 0.25) is 0 Å². The lowest BCUT2D eigenvalue weighted by Gasteiger charge is -2.25. The fourth-order valence-corrected chi connectivity index (χ4v) is 1.74. The average Bonchev–Trinajstić information content (AvgIpc) is 2.38. The van der Waals surface area contributed by atoms with E-state index in [0.29, 0.717) is 6.54 Å². The topological polar surface area (TPSA) is 70.1 Å². The lowest BCUT2D eigenvalue weighted by Crippen LogP contribution is -2.28. The summed E-state index contributed by atoms with van der Waals surface area (Å²) in [5.74, 6) is 2.53. The van der Waals surface area contributed by atoms with Crippen LogP contribution in [0.25, 0.3) is 0 Å². The minimum atomic E-state index is -0.183. The number of hydrogen-bond donors (Lipinski definition) is 3. The number of nitrogens with zero attached hydrogens (tertiary/aromatic N) is 2. The van der Waals surface area contributed by atoms with Crippen molar-refractivity contribution >= 4 is 11.6 Å². The van der Waals surface area contributed by atoms with Crippen LogP contribution < -0.4 is 10.6 Å². The van der Waals surface area contributed by atoms with Crippen LogP contribution in [0.1, 0.15) is 52.9 Å². The Hall–Kier alpha value is -1.36. The normalized spacial score (nSPS) is 12.4. The Morgan fingerprint density at radius 2 is 1.52 bits per heavy atom. The van der Waals surface area contributed by atoms with Gasteiger partial charge in [-0.1, -0.05) is 34.6 Å². The van der Waals surface area contributed by atoms with Crippen LogP contribution in [0.5, 0.6) is 0 Å². The van der Waals surface area contributed by atoms with Crippen molar-refractivity contribution in [2.45, 2.75) is 53.9 Å². The third kappa shape index (κ3) is 4.84. The Labute approximate surface area is 128 Å². The summed E-state index contributed by atoms with van der Waals surface area (Å²) in [5.41, 5.74) is 0.719. The van der Waals surface area contributed by atoms with Gasteiger partial charge in [-0.2, -0.15) is 0 Å². The van der Waals surface area contributed by atoms with E-state index in [1.165, 1.54) is 0 Å². The first-order chi connectivity index (χ1) is 9.60. The number of nitrogens with one attached hydrogen (secondary N) is 2. The molecule has 0 radical (unpaired) electrons. The molecule has 0 bridgehead atoms. The molecule has 0 spiro atoms. The van der Waals surface area contributed by atoms with Crippen LogP contribution in [0.2, 0.25) is 0 Å². The van der Waals surface area contributed by atoms with E-state index in [4.69, 9.17) is 0 Å². The van der Waals surface area contributed by atoms with Crippen molar-refractivity contribution in [2.75, 3.05) is 30.3 Å². The molecule has 0 saturated carbocycles. The van der Waals surface area contributed by atoms with E-state index in [0.717, 1.165) is 29.6 Å². The smallest absolute Gasteiger partial charge is 0.138 e. The molecule has 0 aliphatic rings. The van der Waals surface area contributed by atoms with Gasteiger partial charge >= 0.3 is 0 Å². The maximum atomic E-state index is 9.38. The predicted molar refractivity (Wildman–Crippen MR) is 89.0 cm³/mol. The highest BCUT2D eigenvalue weighted by Gasteiger charge is 2.22. The second kappa shape index (κ2) is 6.60. The molecule has 120 valence electrons. The van der Waals surface area contributed by atoms with E-state index >= 15 is 0 Å². The summed E-state index contributed by atoms with van der Waals surface area (Å²) >= 11 is 0. The highest BCUT2D eigenvalue weighted by atomic mass is 16.3. The third-order valence-electron chi connectivity index (χ3n) is 3.32. The number of aromatic nitrogens is 2. The number of aliphatic hydroxyl groups is 1. The van der Waals surface area contributed by atoms with Gasteiger partial charge < -0.3 is 15.7 Å². The van der Waals surface area contributed by atoms with Gasteiger partial charge in [0.05, 0.1) is 0 Å². The van der Waals surface area contributed by atoms with E-state index in [2.05, 4.69) is 48.3 Å². The fraction of sp³-hybridized carbons (Fsp3) is 0.750. The van der Waals surface area contributed by atoms with Gasteiger partial charge in [-0.15, -0.1) is 0 Å². The lowest BCUT2D eigenvalue weighted by atomic mass is 9.94. The molecule has 0 atom stereocenters. The summed E-state index contributed by atoms with van der Waals surface area (Å²) in [6.45, 7) is 16.0. The van der Waals surface area contributed by atoms with Crippen LogP contribution in [0.15, 0.2) is 0 Å². The highest BCUT2D eigenvalue weighted by molar-refractivity contribution is 5.57. The maximum Gasteiger partial charge on any atom is 0.138 e. The fourth-order valence-electron chi connectivity index (χ4n) is 1.74. The van der Waals surface area contributed by atoms with Gasteiger partial charge in [0.1, 0.15) is 17.5 Å². The van der Waals surface area contributed by atoms with Crippen LogP contribution >= 0.6 is 0 Å². The van der Waals surface area contributed by atoms with Gasteiger partial charge in [-0.3, -0.25) is 0 Å². The molecule has 3 N–H and O–H groups in total. The summed E-state index contributed by atoms with van der Waals surface area (Å²) in [6.07, 6.45) is 0. The first-order valence-corrected chi connectivity index (χ1v) is 7.58. The number of anilines is 2. The van der Waals surface area contributed by atoms with Crippen molar-refractivity contribution in [2.24, 2.45) is 5.41 Å². The summed E-state index contributed by atoms with van der Waals surface area (Å²) in [6, 6.07) is 0. The van der Waals surface area contributed by atoms with Crippen molar-refractivity contribution < 1.29 is 5.11 Å². The monoisotopic (exact) mass is 294 g/mol. The third-order valence-corrected chi connectivity index (χ3v) is 3.32. The second-order valence-electron chi connectivity index (χ2n) is 7.33. The zero-order chi connectivity index (χ0) is 16.3. The summed E-state index contributed by atoms with van der Waals surface area (Å²) < 4.78 is 0. The molecule has 1 aromatic heterocycles. The molecule has 0 saturated heterocycles. The first-order valence-electron chi connectivity index (χ1n) is 7.58. The van der Waals surface area contributed by atoms with E-state index in [-0.39, 0.29) is 17.4 Å². The van der Waals surface area contributed by atoms with Crippen molar-refractivity contribution in [1.29, 1.82) is 0 Å². The molecular weight excluding hydrogens is 264 g/mol. The molecular formula is C16H30N4O. The van der Waals surface area contributed by atoms with Crippen molar-refractivity contribution in [3.05, 3.63) is 11.4 Å². The van der Waals surface area contributed by atoms with Gasteiger partial charge in [0, 0.05) is 36.1 Å². The summed E-state index contributed by atoms with van der Waals surface area (Å²) in [5, 5.41) is 16.0. The van der Waals surface area contributed by atoms with Crippen LogP contribution in [-0.2, 0) is 5.41 Å². The average molecular weight is 294 g/mol. The Bertz CT molecular complexity index is 478. The molecule has 21 heavy (non-hydrogen) atoms. The maximum absolute atomic E-state index is 9.38. The number of hydrogen-bond acceptors (Lipinski definition) is 5. The predicted octanol–water partition coefficient (Wildman–Crippen LogP) is 2.94. The minimum absolute atomic E-state index is 0.110. The molecule has 0 aromatic carbocycles. The van der Waals surface area contributed by atoms with Crippen molar-refractivity contribution in [3.8, 4) is 0 Å². The van der Waals surface area contributed by atoms with E-state index < -0.39 is 0 Å². The van der Waals surface area contributed by atoms with Gasteiger partial charge in [0.25, 0.3) is 0 Å². The largest absolute Gasteiger partial charge is 0.396 e. The van der Waals surface area contributed by atoms with Gasteiger partial charge in [-0.25, -0.2) is 9.97 Å². The molecule has 5 heteroatoms. The molecule has 1 rings (SSSR count). The first kappa shape index (κ1) is 17.7. The Morgan fingerprint density at radius 1 is 1.00 bits per heavy atom. The van der Waals surface area contributed by atoms with Crippen LogP contribution in [-0.4, -0.2) is 34.8 Å². The van der Waals surface area contributed by atoms with Crippen LogP contribution in [0, 0.1) is 12.3 Å². The lowest BCUT2D eigenvalue weighted by molar-refractivity contribution is 0.170. The van der Waals surface area contributed by atoms with Crippen molar-refractivity contribution in [1.82, 2.24) is 9.97 Å². The van der Waals surface area contributed by atoms with Gasteiger partial charge in [-0.05, 0) is 13.8 Å². The molecule has 0 amide bonds. The van der Waals surface area contributed by atoms with Crippen LogP contribution in [0.3, 0.4) is 0 Å². The van der Waals surface area contributed by atoms with E-state index in [1.807, 2.05) is 20.8 Å². The van der Waals surface area contributed by atoms with E-state index in [9.17, 15) is 5.11 Å². The molecule has 0 fully saturated rings. The molecule has 0 unspecified atom stereocenters. The molecule has 1 aromatic rings. The second-order valence-corrected chi connectivity index (χ2v) is 7.33. The quantitative estimate of drug-likeness (QED) is 0.752. The SMILES string of the molecule is CCNc1nc(C(C)(C)C)nc(NCC(C)(C)CO)c1C. The zero-order valence-electron chi connectivity index (χ0n) is 14.5. The molecule has 0 aliphatic heterocycles. The Kier molecular flexibility index (Phi) is 5.56. The molecule has 1 heterocycles. The standard InChI is InChI=1S/C16H30N4O/c1-8-17-12-11(2)13(18-9-16(6,7)10-21)20-14(19-12)15(3,4)5/h21H,8-10H2,1-7H3,(H2,17,18,19,20). The highest BCUT2D eigenvalue weighted by Crippen LogP contribution is 2.27. The minimum Gasteiger partial charge on any atom is -0.396 e. The number of aliphatic hydroxyl groups excluding tert-OH is 1. The van der Waals surface area contributed by atoms with Gasteiger partial charge in [0.15, 0.2) is 0 Å². The summed E-state index contributed by atoms with van der Waals surface area (Å²) in [4.78, 5) is 9.33. The molecule has 5 nitrogen and oxygen atoms in total. The summed E-state index contributed by atoms with van der Waals surface area (Å²) in [7, 11) is 0.